The standard InChI is InChI=1S/C25H38O2/c1-3-4-5-16-25(2)17-14-22(15-18-25)21-8-6-19(7-9-21)20-10-12-23(13-11-20)24(26)27/h10-13,19,21-22H,3-9,14-18H2,1-2H3,(H,26,27). The third kappa shape index (κ3) is 5.36. The van der Waals surface area contributed by atoms with Gasteiger partial charge in [-0.15, -0.1) is 0 Å². The number of unbranched alkanes of at least 4 members (excludes halogenated alkanes) is 2. The summed E-state index contributed by atoms with van der Waals surface area (Å²) in [6.07, 6.45) is 16.7. The van der Waals surface area contributed by atoms with Gasteiger partial charge in [0.05, 0.1) is 5.56 Å². The van der Waals surface area contributed by atoms with Crippen LogP contribution in [-0.4, -0.2) is 11.1 Å². The summed E-state index contributed by atoms with van der Waals surface area (Å²) in [7, 11) is 0. The van der Waals surface area contributed by atoms with Gasteiger partial charge in [0.2, 0.25) is 0 Å². The SMILES string of the molecule is CCCCCC1(C)CCC(C2CCC(c3ccc(C(=O)O)cc3)CC2)CC1. The first kappa shape index (κ1) is 20.4. The second kappa shape index (κ2) is 9.26. The smallest absolute Gasteiger partial charge is 0.335 e. The quantitative estimate of drug-likeness (QED) is 0.506. The van der Waals surface area contributed by atoms with Crippen molar-refractivity contribution in [3.8, 4) is 0 Å². The van der Waals surface area contributed by atoms with Crippen molar-refractivity contribution in [3.05, 3.63) is 35.4 Å². The molecular formula is C25H38O2. The molecule has 2 aliphatic rings. The maximum absolute atomic E-state index is 11.0. The second-order valence-electron chi connectivity index (χ2n) is 9.64. The van der Waals surface area contributed by atoms with Gasteiger partial charge < -0.3 is 5.11 Å². The van der Waals surface area contributed by atoms with Crippen LogP contribution in [-0.2, 0) is 0 Å². The summed E-state index contributed by atoms with van der Waals surface area (Å²) in [6, 6.07) is 7.61. The summed E-state index contributed by atoms with van der Waals surface area (Å²) in [5, 5.41) is 9.06. The Hall–Kier alpha value is -1.31. The average Bonchev–Trinajstić information content (AvgIpc) is 2.69. The predicted molar refractivity (Wildman–Crippen MR) is 112 cm³/mol. The lowest BCUT2D eigenvalue weighted by molar-refractivity contribution is 0.0697. The molecule has 2 saturated carbocycles. The van der Waals surface area contributed by atoms with E-state index < -0.39 is 5.97 Å². The molecule has 0 atom stereocenters. The van der Waals surface area contributed by atoms with E-state index in [4.69, 9.17) is 5.11 Å². The van der Waals surface area contributed by atoms with Gasteiger partial charge in [0.25, 0.3) is 0 Å². The Balaban J connectivity index is 1.45. The lowest BCUT2D eigenvalue weighted by Gasteiger charge is -2.42. The second-order valence-corrected chi connectivity index (χ2v) is 9.64. The van der Waals surface area contributed by atoms with Gasteiger partial charge in [0, 0.05) is 0 Å². The van der Waals surface area contributed by atoms with Crippen LogP contribution in [0.25, 0.3) is 0 Å². The summed E-state index contributed by atoms with van der Waals surface area (Å²) < 4.78 is 0. The maximum atomic E-state index is 11.0. The summed E-state index contributed by atoms with van der Waals surface area (Å²) in [5.74, 6) is 1.69. The molecule has 0 unspecified atom stereocenters. The summed E-state index contributed by atoms with van der Waals surface area (Å²) in [4.78, 5) is 11.0. The van der Waals surface area contributed by atoms with Crippen LogP contribution < -0.4 is 0 Å². The first-order chi connectivity index (χ1) is 13.0. The molecule has 2 nitrogen and oxygen atoms in total. The van der Waals surface area contributed by atoms with Gasteiger partial charge >= 0.3 is 5.97 Å². The predicted octanol–water partition coefficient (Wildman–Crippen LogP) is 7.44. The number of hydrogen-bond acceptors (Lipinski definition) is 1. The van der Waals surface area contributed by atoms with Gasteiger partial charge in [0.1, 0.15) is 0 Å². The molecule has 1 aromatic rings. The van der Waals surface area contributed by atoms with Crippen molar-refractivity contribution < 1.29 is 9.90 Å². The molecule has 0 amide bonds. The maximum Gasteiger partial charge on any atom is 0.335 e. The molecule has 0 saturated heterocycles. The Bertz CT molecular complexity index is 587. The lowest BCUT2D eigenvalue weighted by Crippen LogP contribution is -2.30. The molecule has 2 heteroatoms. The van der Waals surface area contributed by atoms with Crippen molar-refractivity contribution in [2.45, 2.75) is 96.8 Å². The van der Waals surface area contributed by atoms with Gasteiger partial charge in [-0.1, -0.05) is 45.2 Å². The minimum atomic E-state index is -0.829. The minimum Gasteiger partial charge on any atom is -0.478 e. The van der Waals surface area contributed by atoms with Crippen LogP contribution in [0.2, 0.25) is 0 Å². The highest BCUT2D eigenvalue weighted by atomic mass is 16.4. The van der Waals surface area contributed by atoms with Gasteiger partial charge in [-0.25, -0.2) is 4.79 Å². The van der Waals surface area contributed by atoms with Crippen LogP contribution in [0.1, 0.15) is 113 Å². The molecule has 1 N–H and O–H groups in total. The van der Waals surface area contributed by atoms with Crippen LogP contribution in [0.3, 0.4) is 0 Å². The number of carbonyl (C=O) groups is 1. The molecule has 0 bridgehead atoms. The Morgan fingerprint density at radius 2 is 1.56 bits per heavy atom. The largest absolute Gasteiger partial charge is 0.478 e. The topological polar surface area (TPSA) is 37.3 Å². The van der Waals surface area contributed by atoms with Crippen LogP contribution in [0, 0.1) is 17.3 Å². The Kier molecular flexibility index (Phi) is 7.00. The fourth-order valence-corrected chi connectivity index (χ4v) is 5.68. The van der Waals surface area contributed by atoms with Crippen molar-refractivity contribution in [1.82, 2.24) is 0 Å². The molecule has 3 rings (SSSR count). The van der Waals surface area contributed by atoms with Gasteiger partial charge in [-0.05, 0) is 98.7 Å². The normalized spacial score (nSPS) is 31.6. The molecule has 2 aliphatic carbocycles. The molecule has 0 spiro atoms. The monoisotopic (exact) mass is 370 g/mol. The number of rotatable bonds is 7. The van der Waals surface area contributed by atoms with Crippen molar-refractivity contribution in [2.24, 2.45) is 17.3 Å². The Labute approximate surface area is 165 Å². The summed E-state index contributed by atoms with van der Waals surface area (Å²) in [6.45, 7) is 4.84. The number of aromatic carboxylic acids is 1. The van der Waals surface area contributed by atoms with E-state index in [-0.39, 0.29) is 0 Å². The van der Waals surface area contributed by atoms with Crippen molar-refractivity contribution in [1.29, 1.82) is 0 Å². The fourth-order valence-electron chi connectivity index (χ4n) is 5.68. The van der Waals surface area contributed by atoms with Crippen LogP contribution in [0.5, 0.6) is 0 Å². The van der Waals surface area contributed by atoms with Gasteiger partial charge in [0.15, 0.2) is 0 Å². The first-order valence-electron chi connectivity index (χ1n) is 11.3. The van der Waals surface area contributed by atoms with Crippen molar-refractivity contribution in [2.75, 3.05) is 0 Å². The molecule has 27 heavy (non-hydrogen) atoms. The van der Waals surface area contributed by atoms with Crippen LogP contribution >= 0.6 is 0 Å². The minimum absolute atomic E-state index is 0.400. The number of carboxylic acid groups (broad SMARTS) is 1. The highest BCUT2D eigenvalue weighted by Gasteiger charge is 2.35. The highest BCUT2D eigenvalue weighted by molar-refractivity contribution is 5.87. The molecule has 0 heterocycles. The van der Waals surface area contributed by atoms with E-state index in [1.807, 2.05) is 12.1 Å². The van der Waals surface area contributed by atoms with Crippen LogP contribution in [0.15, 0.2) is 24.3 Å². The molecule has 0 aromatic heterocycles. The van der Waals surface area contributed by atoms with E-state index in [1.54, 1.807) is 12.1 Å². The number of benzene rings is 1. The van der Waals surface area contributed by atoms with Crippen molar-refractivity contribution >= 4 is 5.97 Å². The van der Waals surface area contributed by atoms with Crippen molar-refractivity contribution in [3.63, 3.8) is 0 Å². The Morgan fingerprint density at radius 1 is 0.963 bits per heavy atom. The van der Waals surface area contributed by atoms with Gasteiger partial charge in [-0.2, -0.15) is 0 Å². The molecule has 1 aromatic carbocycles. The van der Waals surface area contributed by atoms with E-state index in [0.29, 0.717) is 16.9 Å². The number of carboxylic acids is 1. The average molecular weight is 371 g/mol. The molecule has 2 fully saturated rings. The highest BCUT2D eigenvalue weighted by Crippen LogP contribution is 2.48. The molecular weight excluding hydrogens is 332 g/mol. The molecule has 150 valence electrons. The van der Waals surface area contributed by atoms with Gasteiger partial charge in [-0.3, -0.25) is 0 Å². The van der Waals surface area contributed by atoms with E-state index in [0.717, 1.165) is 11.8 Å². The molecule has 0 radical (unpaired) electrons. The van der Waals surface area contributed by atoms with E-state index in [1.165, 1.54) is 82.6 Å². The zero-order chi connectivity index (χ0) is 19.3. The van der Waals surface area contributed by atoms with E-state index in [2.05, 4.69) is 13.8 Å². The zero-order valence-corrected chi connectivity index (χ0v) is 17.4. The summed E-state index contributed by atoms with van der Waals surface area (Å²) in [5.41, 5.74) is 2.36. The molecule has 0 aliphatic heterocycles. The summed E-state index contributed by atoms with van der Waals surface area (Å²) >= 11 is 0. The third-order valence-corrected chi connectivity index (χ3v) is 7.69. The fraction of sp³-hybridized carbons (Fsp3) is 0.720. The van der Waals surface area contributed by atoms with E-state index >= 15 is 0 Å². The lowest BCUT2D eigenvalue weighted by atomic mass is 9.63. The first-order valence-corrected chi connectivity index (χ1v) is 11.3. The van der Waals surface area contributed by atoms with Crippen LogP contribution in [0.4, 0.5) is 0 Å². The Morgan fingerprint density at radius 3 is 2.11 bits per heavy atom. The third-order valence-electron chi connectivity index (χ3n) is 7.69. The number of hydrogen-bond donors (Lipinski definition) is 1. The van der Waals surface area contributed by atoms with E-state index in [9.17, 15) is 4.79 Å². The zero-order valence-electron chi connectivity index (χ0n) is 17.4.